The zero-order chi connectivity index (χ0) is 14.6. The van der Waals surface area contributed by atoms with Gasteiger partial charge in [0.05, 0.1) is 18.4 Å². The van der Waals surface area contributed by atoms with Gasteiger partial charge in [0, 0.05) is 25.1 Å². The number of furan rings is 1. The van der Waals surface area contributed by atoms with Crippen LogP contribution in [-0.2, 0) is 11.3 Å². The number of hydrogen-bond acceptors (Lipinski definition) is 4. The molecular formula is C16H28N2O2. The van der Waals surface area contributed by atoms with Gasteiger partial charge in [0.2, 0.25) is 0 Å². The van der Waals surface area contributed by atoms with Gasteiger partial charge in [-0.1, -0.05) is 0 Å². The zero-order valence-corrected chi connectivity index (χ0v) is 13.2. The fourth-order valence-corrected chi connectivity index (χ4v) is 3.46. The van der Waals surface area contributed by atoms with E-state index in [0.717, 1.165) is 44.8 Å². The second-order valence-electron chi connectivity index (χ2n) is 6.96. The first-order chi connectivity index (χ1) is 9.41. The Kier molecular flexibility index (Phi) is 4.89. The number of nitrogens with zero attached hydrogens (tertiary/aromatic N) is 1. The van der Waals surface area contributed by atoms with Gasteiger partial charge in [-0.2, -0.15) is 0 Å². The molecule has 2 rings (SSSR count). The third-order valence-corrected chi connectivity index (χ3v) is 3.96. The predicted molar refractivity (Wildman–Crippen MR) is 80.7 cm³/mol. The largest absolute Gasteiger partial charge is 0.468 e. The van der Waals surface area contributed by atoms with Crippen LogP contribution in [0.5, 0.6) is 0 Å². The van der Waals surface area contributed by atoms with E-state index in [1.54, 1.807) is 6.26 Å². The SMILES string of the molecule is CN(C)CC1(CNCc2ccco2)CCOC(C)(C)C1. The molecule has 0 bridgehead atoms. The van der Waals surface area contributed by atoms with Gasteiger partial charge in [-0.3, -0.25) is 0 Å². The van der Waals surface area contributed by atoms with Gasteiger partial charge in [0.15, 0.2) is 0 Å². The topological polar surface area (TPSA) is 37.6 Å². The molecule has 0 spiro atoms. The summed E-state index contributed by atoms with van der Waals surface area (Å²) in [5.41, 5.74) is 0.248. The van der Waals surface area contributed by atoms with Crippen LogP contribution in [-0.4, -0.2) is 44.3 Å². The summed E-state index contributed by atoms with van der Waals surface area (Å²) in [6.07, 6.45) is 3.92. The van der Waals surface area contributed by atoms with Crippen LogP contribution < -0.4 is 5.32 Å². The van der Waals surface area contributed by atoms with E-state index in [4.69, 9.17) is 9.15 Å². The van der Waals surface area contributed by atoms with E-state index in [1.165, 1.54) is 0 Å². The molecule has 2 heterocycles. The number of rotatable bonds is 6. The van der Waals surface area contributed by atoms with Crippen LogP contribution in [0.3, 0.4) is 0 Å². The average Bonchev–Trinajstić information content (AvgIpc) is 2.79. The van der Waals surface area contributed by atoms with Crippen molar-refractivity contribution in [3.05, 3.63) is 24.2 Å². The number of nitrogens with one attached hydrogen (secondary N) is 1. The molecule has 1 aliphatic heterocycles. The molecule has 0 radical (unpaired) electrons. The Bertz CT molecular complexity index is 401. The highest BCUT2D eigenvalue weighted by molar-refractivity contribution is 4.99. The Morgan fingerprint density at radius 1 is 1.35 bits per heavy atom. The van der Waals surface area contributed by atoms with Crippen molar-refractivity contribution in [3.63, 3.8) is 0 Å². The molecule has 1 fully saturated rings. The maximum Gasteiger partial charge on any atom is 0.117 e. The van der Waals surface area contributed by atoms with Crippen LogP contribution in [0.1, 0.15) is 32.4 Å². The minimum atomic E-state index is -0.0272. The molecular weight excluding hydrogens is 252 g/mol. The van der Waals surface area contributed by atoms with Crippen molar-refractivity contribution in [3.8, 4) is 0 Å². The Balaban J connectivity index is 1.95. The number of ether oxygens (including phenoxy) is 1. The van der Waals surface area contributed by atoms with Crippen molar-refractivity contribution < 1.29 is 9.15 Å². The molecule has 0 amide bonds. The fraction of sp³-hybridized carbons (Fsp3) is 0.750. The molecule has 0 saturated carbocycles. The van der Waals surface area contributed by atoms with Gasteiger partial charge in [0.1, 0.15) is 5.76 Å². The van der Waals surface area contributed by atoms with Crippen molar-refractivity contribution in [2.24, 2.45) is 5.41 Å². The second kappa shape index (κ2) is 6.29. The van der Waals surface area contributed by atoms with Crippen molar-refractivity contribution >= 4 is 0 Å². The zero-order valence-electron chi connectivity index (χ0n) is 13.2. The molecule has 1 unspecified atom stereocenters. The average molecular weight is 280 g/mol. The molecule has 1 N–H and O–H groups in total. The predicted octanol–water partition coefficient (Wildman–Crippen LogP) is 2.51. The molecule has 0 aliphatic carbocycles. The van der Waals surface area contributed by atoms with E-state index in [0.29, 0.717) is 0 Å². The van der Waals surface area contributed by atoms with E-state index < -0.39 is 0 Å². The maximum absolute atomic E-state index is 5.89. The lowest BCUT2D eigenvalue weighted by molar-refractivity contribution is -0.109. The highest BCUT2D eigenvalue weighted by Gasteiger charge is 2.40. The summed E-state index contributed by atoms with van der Waals surface area (Å²) in [7, 11) is 4.30. The van der Waals surface area contributed by atoms with Crippen LogP contribution in [0.4, 0.5) is 0 Å². The second-order valence-corrected chi connectivity index (χ2v) is 6.96. The molecule has 1 aliphatic rings. The van der Waals surface area contributed by atoms with Crippen LogP contribution in [0, 0.1) is 5.41 Å². The maximum atomic E-state index is 5.89. The minimum absolute atomic E-state index is 0.0272. The summed E-state index contributed by atoms with van der Waals surface area (Å²) in [4.78, 5) is 2.29. The Morgan fingerprint density at radius 2 is 2.15 bits per heavy atom. The summed E-state index contributed by atoms with van der Waals surface area (Å²) in [6, 6.07) is 3.95. The van der Waals surface area contributed by atoms with Crippen molar-refractivity contribution in [2.75, 3.05) is 33.8 Å². The van der Waals surface area contributed by atoms with Crippen LogP contribution in [0.2, 0.25) is 0 Å². The van der Waals surface area contributed by atoms with Gasteiger partial charge in [0.25, 0.3) is 0 Å². The van der Waals surface area contributed by atoms with E-state index in [1.807, 2.05) is 12.1 Å². The first kappa shape index (κ1) is 15.5. The summed E-state index contributed by atoms with van der Waals surface area (Å²) >= 11 is 0. The Hall–Kier alpha value is -0.840. The third-order valence-electron chi connectivity index (χ3n) is 3.96. The van der Waals surface area contributed by atoms with E-state index >= 15 is 0 Å². The molecule has 114 valence electrons. The summed E-state index contributed by atoms with van der Waals surface area (Å²) < 4.78 is 11.3. The minimum Gasteiger partial charge on any atom is -0.468 e. The van der Waals surface area contributed by atoms with Crippen molar-refractivity contribution in [1.82, 2.24) is 10.2 Å². The highest BCUT2D eigenvalue weighted by atomic mass is 16.5. The fourth-order valence-electron chi connectivity index (χ4n) is 3.46. The van der Waals surface area contributed by atoms with Gasteiger partial charge in [-0.15, -0.1) is 0 Å². The lowest BCUT2D eigenvalue weighted by Gasteiger charge is -2.46. The molecule has 1 atom stereocenters. The molecule has 4 heteroatoms. The van der Waals surface area contributed by atoms with E-state index in [2.05, 4.69) is 38.2 Å². The Morgan fingerprint density at radius 3 is 2.75 bits per heavy atom. The van der Waals surface area contributed by atoms with Crippen LogP contribution in [0.25, 0.3) is 0 Å². The first-order valence-electron chi connectivity index (χ1n) is 7.43. The molecule has 20 heavy (non-hydrogen) atoms. The van der Waals surface area contributed by atoms with Gasteiger partial charge in [-0.05, 0) is 52.9 Å². The van der Waals surface area contributed by atoms with Crippen molar-refractivity contribution in [2.45, 2.75) is 38.8 Å². The van der Waals surface area contributed by atoms with Crippen molar-refractivity contribution in [1.29, 1.82) is 0 Å². The number of hydrogen-bond donors (Lipinski definition) is 1. The third kappa shape index (κ3) is 4.33. The molecule has 1 aromatic heterocycles. The van der Waals surface area contributed by atoms with Gasteiger partial charge in [-0.25, -0.2) is 0 Å². The van der Waals surface area contributed by atoms with E-state index in [9.17, 15) is 0 Å². The quantitative estimate of drug-likeness (QED) is 0.869. The molecule has 1 saturated heterocycles. The first-order valence-corrected chi connectivity index (χ1v) is 7.43. The van der Waals surface area contributed by atoms with Gasteiger partial charge >= 0.3 is 0 Å². The summed E-state index contributed by atoms with van der Waals surface area (Å²) in [6.45, 7) is 8.13. The smallest absolute Gasteiger partial charge is 0.117 e. The monoisotopic (exact) mass is 280 g/mol. The normalized spacial score (nSPS) is 26.1. The standard InChI is InChI=1S/C16H28N2O2/c1-15(2)11-16(7-9-20-15,13-18(3)4)12-17-10-14-6-5-8-19-14/h5-6,8,17H,7,9-13H2,1-4H3. The highest BCUT2D eigenvalue weighted by Crippen LogP contribution is 2.38. The van der Waals surface area contributed by atoms with Crippen LogP contribution in [0.15, 0.2) is 22.8 Å². The summed E-state index contributed by atoms with van der Waals surface area (Å²) in [5.74, 6) is 0.997. The summed E-state index contributed by atoms with van der Waals surface area (Å²) in [5, 5.41) is 3.57. The molecule has 4 nitrogen and oxygen atoms in total. The Labute approximate surface area is 122 Å². The van der Waals surface area contributed by atoms with Crippen LogP contribution >= 0.6 is 0 Å². The van der Waals surface area contributed by atoms with E-state index in [-0.39, 0.29) is 11.0 Å². The lowest BCUT2D eigenvalue weighted by atomic mass is 9.73. The molecule has 0 aromatic carbocycles. The molecule has 1 aromatic rings. The van der Waals surface area contributed by atoms with Gasteiger partial charge < -0.3 is 19.4 Å². The lowest BCUT2D eigenvalue weighted by Crippen LogP contribution is -2.50.